The first-order valence-electron chi connectivity index (χ1n) is 8.67. The van der Waals surface area contributed by atoms with E-state index in [2.05, 4.69) is 118 Å². The van der Waals surface area contributed by atoms with Gasteiger partial charge in [0.15, 0.2) is 0 Å². The minimum atomic E-state index is 1.11. The highest BCUT2D eigenvalue weighted by molar-refractivity contribution is 9.10. The lowest BCUT2D eigenvalue weighted by atomic mass is 10.0. The Morgan fingerprint density at radius 3 is 2.00 bits per heavy atom. The van der Waals surface area contributed by atoms with Gasteiger partial charge in [-0.15, -0.1) is 0 Å². The molecule has 0 amide bonds. The molecular formula is C24H16BrN. The normalized spacial score (nSPS) is 11.3. The van der Waals surface area contributed by atoms with E-state index in [1.165, 1.54) is 38.6 Å². The van der Waals surface area contributed by atoms with Crippen molar-refractivity contribution < 1.29 is 0 Å². The van der Waals surface area contributed by atoms with E-state index < -0.39 is 0 Å². The number of aromatic nitrogens is 1. The molecule has 0 atom stereocenters. The summed E-state index contributed by atoms with van der Waals surface area (Å²) in [6.45, 7) is 0. The van der Waals surface area contributed by atoms with Crippen LogP contribution in [0.5, 0.6) is 0 Å². The Balaban J connectivity index is 2.03. The van der Waals surface area contributed by atoms with E-state index in [9.17, 15) is 0 Å². The SMILES string of the molecule is Brc1ccc2c3ccccc3n(-c3ccccc3)c2c1-c1ccccc1. The monoisotopic (exact) mass is 397 g/mol. The van der Waals surface area contributed by atoms with Crippen LogP contribution in [0.3, 0.4) is 0 Å². The van der Waals surface area contributed by atoms with Crippen LogP contribution in [0, 0.1) is 0 Å². The molecule has 5 aromatic rings. The first-order chi connectivity index (χ1) is 12.8. The molecule has 0 aliphatic rings. The summed E-state index contributed by atoms with van der Waals surface area (Å²) in [5.41, 5.74) is 6.07. The van der Waals surface area contributed by atoms with Gasteiger partial charge in [0.1, 0.15) is 0 Å². The predicted molar refractivity (Wildman–Crippen MR) is 114 cm³/mol. The van der Waals surface area contributed by atoms with Crippen LogP contribution < -0.4 is 0 Å². The number of hydrogen-bond acceptors (Lipinski definition) is 0. The average Bonchev–Trinajstić information content (AvgIpc) is 3.03. The summed E-state index contributed by atoms with van der Waals surface area (Å²) in [5.74, 6) is 0. The topological polar surface area (TPSA) is 4.93 Å². The minimum Gasteiger partial charge on any atom is -0.309 e. The molecule has 0 radical (unpaired) electrons. The molecule has 0 N–H and O–H groups in total. The van der Waals surface area contributed by atoms with Gasteiger partial charge in [-0.25, -0.2) is 0 Å². The van der Waals surface area contributed by atoms with Crippen molar-refractivity contribution in [1.82, 2.24) is 4.57 Å². The summed E-state index contributed by atoms with van der Waals surface area (Å²) in [6.07, 6.45) is 0. The van der Waals surface area contributed by atoms with Crippen molar-refractivity contribution in [3.63, 3.8) is 0 Å². The van der Waals surface area contributed by atoms with E-state index in [0.29, 0.717) is 0 Å². The highest BCUT2D eigenvalue weighted by atomic mass is 79.9. The lowest BCUT2D eigenvalue weighted by Crippen LogP contribution is -1.95. The molecule has 0 aliphatic carbocycles. The van der Waals surface area contributed by atoms with E-state index in [1.807, 2.05) is 0 Å². The first-order valence-corrected chi connectivity index (χ1v) is 9.46. The highest BCUT2D eigenvalue weighted by Gasteiger charge is 2.18. The fraction of sp³-hybridized carbons (Fsp3) is 0. The van der Waals surface area contributed by atoms with Gasteiger partial charge in [-0.05, 0) is 29.8 Å². The first kappa shape index (κ1) is 15.4. The molecule has 124 valence electrons. The standard InChI is InChI=1S/C24H16BrN/c25-21-16-15-20-19-13-7-8-14-22(19)26(18-11-5-2-6-12-18)24(20)23(21)17-9-3-1-4-10-17/h1-16H. The van der Waals surface area contributed by atoms with Crippen LogP contribution in [-0.4, -0.2) is 4.57 Å². The maximum atomic E-state index is 3.80. The Bertz CT molecular complexity index is 1220. The Labute approximate surface area is 160 Å². The van der Waals surface area contributed by atoms with Crippen LogP contribution in [0.4, 0.5) is 0 Å². The van der Waals surface area contributed by atoms with Gasteiger partial charge in [-0.3, -0.25) is 0 Å². The second kappa shape index (κ2) is 6.15. The van der Waals surface area contributed by atoms with Crippen LogP contribution in [0.25, 0.3) is 38.6 Å². The number of rotatable bonds is 2. The highest BCUT2D eigenvalue weighted by Crippen LogP contribution is 2.41. The van der Waals surface area contributed by atoms with Crippen molar-refractivity contribution in [3.8, 4) is 16.8 Å². The van der Waals surface area contributed by atoms with Crippen molar-refractivity contribution >= 4 is 37.7 Å². The molecule has 0 saturated heterocycles. The van der Waals surface area contributed by atoms with Crippen LogP contribution in [0.15, 0.2) is 102 Å². The summed E-state index contributed by atoms with van der Waals surface area (Å²) in [5, 5.41) is 2.54. The van der Waals surface area contributed by atoms with Gasteiger partial charge < -0.3 is 4.57 Å². The third-order valence-electron chi connectivity index (χ3n) is 4.86. The van der Waals surface area contributed by atoms with Gasteiger partial charge >= 0.3 is 0 Å². The number of nitrogens with zero attached hydrogens (tertiary/aromatic N) is 1. The molecule has 0 aliphatic heterocycles. The van der Waals surface area contributed by atoms with Gasteiger partial charge in [0.05, 0.1) is 11.0 Å². The third kappa shape index (κ3) is 2.30. The Morgan fingerprint density at radius 1 is 0.577 bits per heavy atom. The third-order valence-corrected chi connectivity index (χ3v) is 5.52. The van der Waals surface area contributed by atoms with Gasteiger partial charge in [0, 0.05) is 26.5 Å². The maximum Gasteiger partial charge on any atom is 0.0630 e. The van der Waals surface area contributed by atoms with E-state index in [1.54, 1.807) is 0 Å². The van der Waals surface area contributed by atoms with Gasteiger partial charge in [0.25, 0.3) is 0 Å². The Hall–Kier alpha value is -2.84. The van der Waals surface area contributed by atoms with Crippen molar-refractivity contribution in [2.24, 2.45) is 0 Å². The van der Waals surface area contributed by atoms with Crippen LogP contribution in [0.1, 0.15) is 0 Å². The Kier molecular flexibility index (Phi) is 3.65. The van der Waals surface area contributed by atoms with Crippen LogP contribution >= 0.6 is 15.9 Å². The lowest BCUT2D eigenvalue weighted by Gasteiger charge is -2.13. The second-order valence-electron chi connectivity index (χ2n) is 6.37. The summed E-state index contributed by atoms with van der Waals surface area (Å²) in [6, 6.07) is 34.2. The van der Waals surface area contributed by atoms with Crippen molar-refractivity contribution in [2.45, 2.75) is 0 Å². The molecule has 0 fully saturated rings. The minimum absolute atomic E-state index is 1.11. The molecule has 26 heavy (non-hydrogen) atoms. The molecule has 0 spiro atoms. The fourth-order valence-corrected chi connectivity index (χ4v) is 4.31. The number of halogens is 1. The summed E-state index contributed by atoms with van der Waals surface area (Å²) < 4.78 is 3.48. The smallest absolute Gasteiger partial charge is 0.0630 e. The van der Waals surface area contributed by atoms with Gasteiger partial charge in [-0.2, -0.15) is 0 Å². The number of fused-ring (bicyclic) bond motifs is 3. The van der Waals surface area contributed by atoms with E-state index >= 15 is 0 Å². The van der Waals surface area contributed by atoms with E-state index in [4.69, 9.17) is 0 Å². The van der Waals surface area contributed by atoms with Gasteiger partial charge in [-0.1, -0.05) is 88.7 Å². The number of hydrogen-bond donors (Lipinski definition) is 0. The number of benzene rings is 4. The quantitative estimate of drug-likeness (QED) is 0.296. The van der Waals surface area contributed by atoms with Crippen molar-refractivity contribution in [2.75, 3.05) is 0 Å². The molecule has 1 aromatic heterocycles. The molecule has 4 aromatic carbocycles. The van der Waals surface area contributed by atoms with Gasteiger partial charge in [0.2, 0.25) is 0 Å². The summed E-state index contributed by atoms with van der Waals surface area (Å²) in [4.78, 5) is 0. The molecule has 0 unspecified atom stereocenters. The second-order valence-corrected chi connectivity index (χ2v) is 7.23. The molecule has 0 saturated carbocycles. The molecule has 2 heteroatoms. The van der Waals surface area contributed by atoms with Crippen LogP contribution in [0.2, 0.25) is 0 Å². The fourth-order valence-electron chi connectivity index (χ4n) is 3.76. The number of para-hydroxylation sites is 2. The predicted octanol–water partition coefficient (Wildman–Crippen LogP) is 7.21. The lowest BCUT2D eigenvalue weighted by molar-refractivity contribution is 1.18. The zero-order chi connectivity index (χ0) is 17.5. The summed E-state index contributed by atoms with van der Waals surface area (Å²) >= 11 is 3.80. The Morgan fingerprint density at radius 2 is 1.23 bits per heavy atom. The zero-order valence-corrected chi connectivity index (χ0v) is 15.6. The summed E-state index contributed by atoms with van der Waals surface area (Å²) in [7, 11) is 0. The van der Waals surface area contributed by atoms with E-state index in [0.717, 1.165) is 4.47 Å². The molecule has 0 bridgehead atoms. The maximum absolute atomic E-state index is 3.80. The van der Waals surface area contributed by atoms with Crippen LogP contribution in [-0.2, 0) is 0 Å². The molecular weight excluding hydrogens is 382 g/mol. The molecule has 1 nitrogen and oxygen atoms in total. The van der Waals surface area contributed by atoms with Crippen molar-refractivity contribution in [1.29, 1.82) is 0 Å². The average molecular weight is 398 g/mol. The largest absolute Gasteiger partial charge is 0.309 e. The molecule has 5 rings (SSSR count). The molecule has 1 heterocycles. The van der Waals surface area contributed by atoms with Crippen molar-refractivity contribution in [3.05, 3.63) is 102 Å². The zero-order valence-electron chi connectivity index (χ0n) is 14.1. The van der Waals surface area contributed by atoms with E-state index in [-0.39, 0.29) is 0 Å².